The van der Waals surface area contributed by atoms with E-state index in [1.807, 2.05) is 0 Å². The van der Waals surface area contributed by atoms with E-state index < -0.39 is 12.1 Å². The van der Waals surface area contributed by atoms with Crippen LogP contribution >= 0.6 is 0 Å². The molecule has 76 valence electrons. The Kier molecular flexibility index (Phi) is 3.22. The normalized spacial score (nSPS) is 13.0. The van der Waals surface area contributed by atoms with Gasteiger partial charge < -0.3 is 0 Å². The molecule has 1 aromatic rings. The van der Waals surface area contributed by atoms with Gasteiger partial charge in [0.15, 0.2) is 0 Å². The molecular weight excluding hydrogens is 198 g/mol. The summed E-state index contributed by atoms with van der Waals surface area (Å²) in [6.45, 7) is -0.299. The van der Waals surface area contributed by atoms with Crippen LogP contribution in [0.4, 0.5) is 17.6 Å². The van der Waals surface area contributed by atoms with Crippen LogP contribution in [0.3, 0.4) is 0 Å². The quantitative estimate of drug-likeness (QED) is 0.519. The van der Waals surface area contributed by atoms with Gasteiger partial charge in [0.05, 0.1) is 6.54 Å². The second-order valence-corrected chi connectivity index (χ2v) is 2.59. The number of alkyl halides is 3. The SMILES string of the molecule is FC(=NCc1ccccc1)C(F)(F)F. The molecule has 0 aliphatic rings. The fourth-order valence-corrected chi connectivity index (χ4v) is 0.834. The van der Waals surface area contributed by atoms with Crippen LogP contribution in [0.1, 0.15) is 5.56 Å². The lowest BCUT2D eigenvalue weighted by Crippen LogP contribution is -2.18. The summed E-state index contributed by atoms with van der Waals surface area (Å²) < 4.78 is 47.2. The maximum absolute atomic E-state index is 12.2. The zero-order valence-corrected chi connectivity index (χ0v) is 7.05. The molecule has 0 aliphatic heterocycles. The molecule has 14 heavy (non-hydrogen) atoms. The molecule has 0 radical (unpaired) electrons. The van der Waals surface area contributed by atoms with Gasteiger partial charge in [0.2, 0.25) is 0 Å². The average molecular weight is 205 g/mol. The number of benzene rings is 1. The van der Waals surface area contributed by atoms with Crippen molar-refractivity contribution in [1.82, 2.24) is 0 Å². The third-order valence-electron chi connectivity index (χ3n) is 1.48. The molecule has 0 unspecified atom stereocenters. The fraction of sp³-hybridized carbons (Fsp3) is 0.222. The first-order valence-corrected chi connectivity index (χ1v) is 3.81. The van der Waals surface area contributed by atoms with Gasteiger partial charge in [-0.25, -0.2) is 4.99 Å². The first-order chi connectivity index (χ1) is 6.50. The molecule has 0 saturated carbocycles. The second kappa shape index (κ2) is 4.21. The first-order valence-electron chi connectivity index (χ1n) is 3.81. The summed E-state index contributed by atoms with van der Waals surface area (Å²) in [6.07, 6.45) is -4.98. The van der Waals surface area contributed by atoms with E-state index in [2.05, 4.69) is 4.99 Å². The Hall–Kier alpha value is -1.39. The Morgan fingerprint density at radius 2 is 1.71 bits per heavy atom. The molecule has 0 amide bonds. The van der Waals surface area contributed by atoms with E-state index in [1.54, 1.807) is 30.3 Å². The monoisotopic (exact) mass is 205 g/mol. The van der Waals surface area contributed by atoms with Crippen LogP contribution < -0.4 is 0 Å². The molecule has 0 N–H and O–H groups in total. The lowest BCUT2D eigenvalue weighted by atomic mass is 10.2. The number of nitrogens with zero attached hydrogens (tertiary/aromatic N) is 1. The van der Waals surface area contributed by atoms with Crippen LogP contribution in [0.2, 0.25) is 0 Å². The van der Waals surface area contributed by atoms with E-state index in [1.165, 1.54) is 0 Å². The Balaban J connectivity index is 2.65. The van der Waals surface area contributed by atoms with Crippen molar-refractivity contribution < 1.29 is 17.6 Å². The van der Waals surface area contributed by atoms with Gasteiger partial charge >= 0.3 is 6.18 Å². The fourth-order valence-electron chi connectivity index (χ4n) is 0.834. The van der Waals surface area contributed by atoms with Crippen molar-refractivity contribution >= 4 is 5.97 Å². The van der Waals surface area contributed by atoms with Crippen molar-refractivity contribution in [3.05, 3.63) is 35.9 Å². The minimum Gasteiger partial charge on any atom is -0.249 e. The highest BCUT2D eigenvalue weighted by molar-refractivity contribution is 5.80. The van der Waals surface area contributed by atoms with Crippen LogP contribution in [0, 0.1) is 0 Å². The number of rotatable bonds is 2. The average Bonchev–Trinajstić information content (AvgIpc) is 2.14. The predicted molar refractivity (Wildman–Crippen MR) is 44.7 cm³/mol. The third-order valence-corrected chi connectivity index (χ3v) is 1.48. The Labute approximate surface area is 78.1 Å². The number of halogens is 4. The van der Waals surface area contributed by atoms with Crippen LogP contribution in [-0.4, -0.2) is 12.1 Å². The summed E-state index contributed by atoms with van der Waals surface area (Å²) in [4.78, 5) is 2.79. The van der Waals surface area contributed by atoms with E-state index in [9.17, 15) is 17.6 Å². The second-order valence-electron chi connectivity index (χ2n) is 2.59. The van der Waals surface area contributed by atoms with E-state index in [0.717, 1.165) is 0 Å². The van der Waals surface area contributed by atoms with Gasteiger partial charge in [0, 0.05) is 0 Å². The molecule has 1 aromatic carbocycles. The molecule has 0 spiro atoms. The van der Waals surface area contributed by atoms with E-state index in [4.69, 9.17) is 0 Å². The smallest absolute Gasteiger partial charge is 0.249 e. The molecular formula is C9H7F4N. The van der Waals surface area contributed by atoms with Crippen molar-refractivity contribution in [2.24, 2.45) is 4.99 Å². The topological polar surface area (TPSA) is 12.4 Å². The van der Waals surface area contributed by atoms with Gasteiger partial charge in [-0.15, -0.1) is 0 Å². The van der Waals surface area contributed by atoms with Crippen molar-refractivity contribution in [3.8, 4) is 0 Å². The number of hydrogen-bond acceptors (Lipinski definition) is 1. The first kappa shape index (κ1) is 10.7. The molecule has 0 fully saturated rings. The molecule has 0 aliphatic carbocycles. The Bertz CT molecular complexity index is 315. The van der Waals surface area contributed by atoms with Gasteiger partial charge in [-0.05, 0) is 5.56 Å². The number of aliphatic imine (C=N–C) groups is 1. The van der Waals surface area contributed by atoms with Crippen molar-refractivity contribution in [1.29, 1.82) is 0 Å². The van der Waals surface area contributed by atoms with E-state index >= 15 is 0 Å². The minimum absolute atomic E-state index is 0.299. The molecule has 0 atom stereocenters. The lowest BCUT2D eigenvalue weighted by molar-refractivity contribution is -0.0675. The molecule has 0 aromatic heterocycles. The largest absolute Gasteiger partial charge is 0.461 e. The molecule has 5 heteroatoms. The summed E-state index contributed by atoms with van der Waals surface area (Å²) in [7, 11) is 0. The van der Waals surface area contributed by atoms with Crippen LogP contribution in [0.15, 0.2) is 35.3 Å². The van der Waals surface area contributed by atoms with Crippen LogP contribution in [0.25, 0.3) is 0 Å². The van der Waals surface area contributed by atoms with Crippen molar-refractivity contribution in [3.63, 3.8) is 0 Å². The van der Waals surface area contributed by atoms with Gasteiger partial charge in [-0.2, -0.15) is 17.6 Å². The number of hydrogen-bond donors (Lipinski definition) is 0. The van der Waals surface area contributed by atoms with Gasteiger partial charge in [-0.1, -0.05) is 30.3 Å². The molecule has 0 saturated heterocycles. The summed E-state index contributed by atoms with van der Waals surface area (Å²) in [6, 6.07) is 8.17. The van der Waals surface area contributed by atoms with Crippen molar-refractivity contribution in [2.75, 3.05) is 0 Å². The summed E-state index contributed by atoms with van der Waals surface area (Å²) in [5.41, 5.74) is 0.534. The van der Waals surface area contributed by atoms with Crippen molar-refractivity contribution in [2.45, 2.75) is 12.7 Å². The molecule has 0 bridgehead atoms. The summed E-state index contributed by atoms with van der Waals surface area (Å²) in [5, 5.41) is 0. The van der Waals surface area contributed by atoms with E-state index in [-0.39, 0.29) is 6.54 Å². The molecule has 1 nitrogen and oxygen atoms in total. The van der Waals surface area contributed by atoms with E-state index in [0.29, 0.717) is 5.56 Å². The molecule has 1 rings (SSSR count). The molecule has 0 heterocycles. The maximum Gasteiger partial charge on any atom is 0.461 e. The van der Waals surface area contributed by atoms with Crippen LogP contribution in [0.5, 0.6) is 0 Å². The Morgan fingerprint density at radius 1 is 1.14 bits per heavy atom. The highest BCUT2D eigenvalue weighted by atomic mass is 19.4. The summed E-state index contributed by atoms with van der Waals surface area (Å²) in [5.74, 6) is -2.29. The highest BCUT2D eigenvalue weighted by Gasteiger charge is 2.36. The predicted octanol–water partition coefficient (Wildman–Crippen LogP) is 3.12. The lowest BCUT2D eigenvalue weighted by Gasteiger charge is -2.01. The Morgan fingerprint density at radius 3 is 2.21 bits per heavy atom. The third kappa shape index (κ3) is 3.16. The highest BCUT2D eigenvalue weighted by Crippen LogP contribution is 2.18. The van der Waals surface area contributed by atoms with Gasteiger partial charge in [0.1, 0.15) is 0 Å². The maximum atomic E-state index is 12.2. The minimum atomic E-state index is -4.98. The van der Waals surface area contributed by atoms with Crippen LogP contribution in [-0.2, 0) is 6.54 Å². The summed E-state index contributed by atoms with van der Waals surface area (Å²) >= 11 is 0. The zero-order valence-electron chi connectivity index (χ0n) is 7.05. The van der Waals surface area contributed by atoms with Gasteiger partial charge in [-0.3, -0.25) is 0 Å². The zero-order chi connectivity index (χ0) is 10.6. The van der Waals surface area contributed by atoms with Gasteiger partial charge in [0.25, 0.3) is 5.97 Å². The standard InChI is InChI=1S/C9H7F4N/c10-8(9(11,12)13)14-6-7-4-2-1-3-5-7/h1-5H,6H2.